The summed E-state index contributed by atoms with van der Waals surface area (Å²) < 4.78 is 10.4. The lowest BCUT2D eigenvalue weighted by atomic mass is 9.46. The van der Waals surface area contributed by atoms with Gasteiger partial charge in [-0.2, -0.15) is 21.0 Å². The Kier molecular flexibility index (Phi) is 6.30. The van der Waals surface area contributed by atoms with Crippen molar-refractivity contribution in [2.45, 2.75) is 46.5 Å². The topological polar surface area (TPSA) is 148 Å². The molecule has 0 aromatic heterocycles. The average Bonchev–Trinajstić information content (AvgIpc) is 2.88. The van der Waals surface area contributed by atoms with Crippen molar-refractivity contribution in [2.75, 3.05) is 13.2 Å². The predicted molar refractivity (Wildman–Crippen MR) is 107 cm³/mol. The van der Waals surface area contributed by atoms with Gasteiger partial charge >= 0.3 is 11.9 Å². The molecule has 2 aliphatic carbocycles. The highest BCUT2D eigenvalue weighted by molar-refractivity contribution is 6.00. The largest absolute Gasteiger partial charge is 0.465 e. The van der Waals surface area contributed by atoms with Gasteiger partial charge in [-0.25, -0.2) is 0 Å². The van der Waals surface area contributed by atoms with Gasteiger partial charge in [0.1, 0.15) is 0 Å². The maximum absolute atomic E-state index is 13.0. The zero-order valence-corrected chi connectivity index (χ0v) is 17.9. The van der Waals surface area contributed by atoms with Gasteiger partial charge in [0.25, 0.3) is 0 Å². The molecule has 8 heteroatoms. The number of nitrogens with zero attached hydrogens (tertiary/aromatic N) is 4. The first kappa shape index (κ1) is 23.7. The molecule has 0 aromatic carbocycles. The molecular weight excluding hydrogens is 396 g/mol. The molecule has 1 saturated carbocycles. The van der Waals surface area contributed by atoms with Crippen molar-refractivity contribution in [1.82, 2.24) is 0 Å². The van der Waals surface area contributed by atoms with E-state index in [0.717, 1.165) is 0 Å². The van der Waals surface area contributed by atoms with Crippen LogP contribution in [0.1, 0.15) is 46.5 Å². The molecule has 0 amide bonds. The van der Waals surface area contributed by atoms with E-state index < -0.39 is 33.6 Å². The molecule has 31 heavy (non-hydrogen) atoms. The summed E-state index contributed by atoms with van der Waals surface area (Å²) >= 11 is 0. The first-order valence-electron chi connectivity index (χ1n) is 10.0. The third-order valence-corrected chi connectivity index (χ3v) is 6.67. The summed E-state index contributed by atoms with van der Waals surface area (Å²) in [5, 5.41) is 39.9. The second-order valence-corrected chi connectivity index (χ2v) is 8.06. The molecule has 1 fully saturated rings. The Bertz CT molecular complexity index is 968. The Morgan fingerprint density at radius 2 is 1.52 bits per heavy atom. The Labute approximate surface area is 181 Å². The molecular formula is C23H24N4O4. The minimum absolute atomic E-state index is 0.00170. The average molecular weight is 420 g/mol. The number of ether oxygens (including phenoxy) is 2. The third-order valence-electron chi connectivity index (χ3n) is 6.67. The summed E-state index contributed by atoms with van der Waals surface area (Å²) in [6, 6.07) is 7.72. The highest BCUT2D eigenvalue weighted by atomic mass is 16.6. The van der Waals surface area contributed by atoms with Crippen LogP contribution in [0.4, 0.5) is 0 Å². The number of nitriles is 4. The van der Waals surface area contributed by atoms with Crippen molar-refractivity contribution >= 4 is 11.9 Å². The molecule has 2 rings (SSSR count). The first-order chi connectivity index (χ1) is 14.6. The van der Waals surface area contributed by atoms with Gasteiger partial charge in [-0.15, -0.1) is 0 Å². The van der Waals surface area contributed by atoms with Crippen LogP contribution in [-0.2, 0) is 19.1 Å². The van der Waals surface area contributed by atoms with Crippen LogP contribution in [0.2, 0.25) is 0 Å². The zero-order valence-electron chi connectivity index (χ0n) is 17.9. The quantitative estimate of drug-likeness (QED) is 0.497. The Balaban J connectivity index is 2.78. The minimum Gasteiger partial charge on any atom is -0.465 e. The lowest BCUT2D eigenvalue weighted by Crippen LogP contribution is -2.53. The number of carbonyl (C=O) groups excluding carboxylic acids is 2. The zero-order chi connectivity index (χ0) is 23.5. The lowest BCUT2D eigenvalue weighted by molar-refractivity contribution is -0.173. The van der Waals surface area contributed by atoms with Gasteiger partial charge in [0.15, 0.2) is 16.2 Å². The summed E-state index contributed by atoms with van der Waals surface area (Å²) in [4.78, 5) is 25.9. The van der Waals surface area contributed by atoms with E-state index in [1.807, 2.05) is 24.3 Å². The van der Waals surface area contributed by atoms with E-state index in [0.29, 0.717) is 11.1 Å². The van der Waals surface area contributed by atoms with Crippen molar-refractivity contribution in [3.63, 3.8) is 0 Å². The van der Waals surface area contributed by atoms with Crippen molar-refractivity contribution in [2.24, 2.45) is 21.7 Å². The molecule has 0 saturated heterocycles. The number of allylic oxidation sites excluding steroid dienone is 3. The number of fused-ring (bicyclic) bond motifs is 1. The smallest absolute Gasteiger partial charge is 0.323 e. The van der Waals surface area contributed by atoms with Gasteiger partial charge in [-0.05, 0) is 44.3 Å². The molecule has 0 aromatic rings. The molecule has 160 valence electrons. The SMILES string of the molecule is C=C1CC(C(=O)OCC)(C(=O)OCC)CCC2(C)C1=CCC(C#N)(C#N)C2(C#N)C#N. The number of rotatable bonds is 4. The third kappa shape index (κ3) is 2.99. The van der Waals surface area contributed by atoms with Gasteiger partial charge in [-0.3, -0.25) is 9.59 Å². The molecule has 0 spiro atoms. The van der Waals surface area contributed by atoms with E-state index in [9.17, 15) is 30.6 Å². The van der Waals surface area contributed by atoms with E-state index >= 15 is 0 Å². The number of hydrogen-bond donors (Lipinski definition) is 0. The normalized spacial score (nSPS) is 25.0. The Morgan fingerprint density at radius 1 is 1.00 bits per heavy atom. The van der Waals surface area contributed by atoms with Crippen LogP contribution >= 0.6 is 0 Å². The van der Waals surface area contributed by atoms with E-state index in [4.69, 9.17) is 9.47 Å². The van der Waals surface area contributed by atoms with E-state index in [-0.39, 0.29) is 38.9 Å². The van der Waals surface area contributed by atoms with Crippen LogP contribution in [0.15, 0.2) is 23.8 Å². The maximum Gasteiger partial charge on any atom is 0.323 e. The van der Waals surface area contributed by atoms with Crippen molar-refractivity contribution in [3.8, 4) is 24.3 Å². The van der Waals surface area contributed by atoms with Gasteiger partial charge in [0.05, 0.1) is 37.5 Å². The fraction of sp³-hybridized carbons (Fsp3) is 0.565. The van der Waals surface area contributed by atoms with E-state index in [1.165, 1.54) is 0 Å². The first-order valence-corrected chi connectivity index (χ1v) is 10.0. The summed E-state index contributed by atoms with van der Waals surface area (Å²) in [6.45, 7) is 9.02. The molecule has 0 aliphatic heterocycles. The molecule has 0 N–H and O–H groups in total. The predicted octanol–water partition coefficient (Wildman–Crippen LogP) is 3.24. The van der Waals surface area contributed by atoms with Crippen LogP contribution in [0.5, 0.6) is 0 Å². The summed E-state index contributed by atoms with van der Waals surface area (Å²) in [5.41, 5.74) is -6.07. The van der Waals surface area contributed by atoms with Gasteiger partial charge in [0.2, 0.25) is 0 Å². The standard InChI is InChI=1S/C23H24N4O4/c1-5-30-18(28)22(19(29)31-6-2)10-9-20(4)17(16(3)11-22)7-8-21(12-24,13-25)23(20,14-26)15-27/h7H,3,5-6,8-11H2,1-2,4H3. The Morgan fingerprint density at radius 3 is 1.94 bits per heavy atom. The molecule has 8 nitrogen and oxygen atoms in total. The minimum atomic E-state index is -2.03. The molecule has 1 unspecified atom stereocenters. The number of carbonyl (C=O) groups is 2. The van der Waals surface area contributed by atoms with Crippen LogP contribution in [0.3, 0.4) is 0 Å². The van der Waals surface area contributed by atoms with Crippen molar-refractivity contribution in [1.29, 1.82) is 21.0 Å². The molecule has 0 radical (unpaired) electrons. The van der Waals surface area contributed by atoms with Crippen LogP contribution < -0.4 is 0 Å². The van der Waals surface area contributed by atoms with Crippen molar-refractivity contribution < 1.29 is 19.1 Å². The summed E-state index contributed by atoms with van der Waals surface area (Å²) in [5.74, 6) is -1.52. The summed E-state index contributed by atoms with van der Waals surface area (Å²) in [7, 11) is 0. The van der Waals surface area contributed by atoms with Crippen LogP contribution in [0, 0.1) is 67.0 Å². The monoisotopic (exact) mass is 420 g/mol. The van der Waals surface area contributed by atoms with Crippen LogP contribution in [-0.4, -0.2) is 25.2 Å². The highest BCUT2D eigenvalue weighted by Crippen LogP contribution is 2.65. The highest BCUT2D eigenvalue weighted by Gasteiger charge is 2.69. The van der Waals surface area contributed by atoms with Gasteiger partial charge < -0.3 is 9.47 Å². The number of esters is 2. The van der Waals surface area contributed by atoms with Crippen LogP contribution in [0.25, 0.3) is 0 Å². The maximum atomic E-state index is 13.0. The van der Waals surface area contributed by atoms with E-state index in [1.54, 1.807) is 26.8 Å². The second kappa shape index (κ2) is 8.25. The van der Waals surface area contributed by atoms with Gasteiger partial charge in [0, 0.05) is 11.8 Å². The molecule has 1 atom stereocenters. The molecule has 2 aliphatic rings. The van der Waals surface area contributed by atoms with Gasteiger partial charge in [-0.1, -0.05) is 19.6 Å². The van der Waals surface area contributed by atoms with Crippen molar-refractivity contribution in [3.05, 3.63) is 23.8 Å². The fourth-order valence-electron chi connectivity index (χ4n) is 4.89. The summed E-state index contributed by atoms with van der Waals surface area (Å²) in [6.07, 6.45) is 1.30. The lowest BCUT2D eigenvalue weighted by Gasteiger charge is -2.49. The molecule has 0 heterocycles. The second-order valence-electron chi connectivity index (χ2n) is 8.06. The molecule has 0 bridgehead atoms. The fourth-order valence-corrected chi connectivity index (χ4v) is 4.89. The van der Waals surface area contributed by atoms with E-state index in [2.05, 4.69) is 6.58 Å². The number of hydrogen-bond acceptors (Lipinski definition) is 8. The Hall–Kier alpha value is -3.62.